The number of nitrogens with one attached hydrogen (secondary N) is 1. The predicted molar refractivity (Wildman–Crippen MR) is 81.8 cm³/mol. The van der Waals surface area contributed by atoms with E-state index in [0.717, 1.165) is 25.9 Å². The van der Waals surface area contributed by atoms with Gasteiger partial charge in [-0.3, -0.25) is 11.3 Å². The van der Waals surface area contributed by atoms with Crippen molar-refractivity contribution in [3.63, 3.8) is 0 Å². The third-order valence-corrected chi connectivity index (χ3v) is 4.52. The molecule has 0 fully saturated rings. The average Bonchev–Trinajstić information content (AvgIpc) is 2.40. The quantitative estimate of drug-likeness (QED) is 0.420. The first-order valence-electron chi connectivity index (χ1n) is 8.03. The summed E-state index contributed by atoms with van der Waals surface area (Å²) < 4.78 is 6.12. The molecular weight excluding hydrogens is 236 g/mol. The summed E-state index contributed by atoms with van der Waals surface area (Å²) in [6.45, 7) is 7.22. The largest absolute Gasteiger partial charge is 0.373 e. The van der Waals surface area contributed by atoms with Crippen LogP contribution in [0.5, 0.6) is 0 Å². The van der Waals surface area contributed by atoms with Crippen molar-refractivity contribution in [1.82, 2.24) is 5.43 Å². The summed E-state index contributed by atoms with van der Waals surface area (Å²) in [5.74, 6) is 5.89. The van der Waals surface area contributed by atoms with E-state index in [4.69, 9.17) is 10.6 Å². The maximum Gasteiger partial charge on any atom is 0.0880 e. The molecule has 0 radical (unpaired) electrons. The summed E-state index contributed by atoms with van der Waals surface area (Å²) in [5, 5.41) is 0. The molecule has 1 atom stereocenters. The van der Waals surface area contributed by atoms with Crippen molar-refractivity contribution in [2.24, 2.45) is 5.84 Å². The Morgan fingerprint density at radius 1 is 1.21 bits per heavy atom. The van der Waals surface area contributed by atoms with Crippen molar-refractivity contribution in [2.45, 2.75) is 83.8 Å². The summed E-state index contributed by atoms with van der Waals surface area (Å²) in [6.07, 6.45) is 12.0. The number of hydrogen-bond acceptors (Lipinski definition) is 3. The van der Waals surface area contributed by atoms with E-state index in [0.29, 0.717) is 0 Å². The smallest absolute Gasteiger partial charge is 0.0880 e. The Morgan fingerprint density at radius 2 is 1.89 bits per heavy atom. The Bertz CT molecular complexity index is 272. The summed E-state index contributed by atoms with van der Waals surface area (Å²) in [5.41, 5.74) is 4.35. The van der Waals surface area contributed by atoms with Gasteiger partial charge < -0.3 is 4.74 Å². The minimum atomic E-state index is -0.158. The second-order valence-electron chi connectivity index (χ2n) is 5.54. The van der Waals surface area contributed by atoms with Gasteiger partial charge in [0.15, 0.2) is 0 Å². The van der Waals surface area contributed by atoms with Crippen LogP contribution in [0, 0.1) is 0 Å². The van der Waals surface area contributed by atoms with Crippen LogP contribution >= 0.6 is 0 Å². The number of hydrazine groups is 1. The van der Waals surface area contributed by atoms with E-state index < -0.39 is 0 Å². The van der Waals surface area contributed by atoms with Gasteiger partial charge in [0, 0.05) is 6.61 Å². The highest BCUT2D eigenvalue weighted by molar-refractivity contribution is 5.18. The molecule has 3 N–H and O–H groups in total. The first-order chi connectivity index (χ1) is 9.24. The Hall–Kier alpha value is -0.380. The van der Waals surface area contributed by atoms with Crippen molar-refractivity contribution < 1.29 is 4.74 Å². The van der Waals surface area contributed by atoms with Crippen molar-refractivity contribution in [1.29, 1.82) is 0 Å². The molecule has 1 aliphatic rings. The first kappa shape index (κ1) is 16.7. The van der Waals surface area contributed by atoms with E-state index in [-0.39, 0.29) is 11.6 Å². The molecule has 0 aromatic heterocycles. The lowest BCUT2D eigenvalue weighted by Gasteiger charge is -2.40. The van der Waals surface area contributed by atoms with E-state index in [2.05, 4.69) is 32.3 Å². The van der Waals surface area contributed by atoms with Crippen LogP contribution in [0.15, 0.2) is 11.6 Å². The van der Waals surface area contributed by atoms with Gasteiger partial charge in [-0.1, -0.05) is 38.3 Å². The van der Waals surface area contributed by atoms with E-state index >= 15 is 0 Å². The molecule has 112 valence electrons. The maximum atomic E-state index is 6.12. The zero-order valence-electron chi connectivity index (χ0n) is 13.0. The van der Waals surface area contributed by atoms with E-state index in [1.165, 1.54) is 37.7 Å². The minimum Gasteiger partial charge on any atom is -0.373 e. The summed E-state index contributed by atoms with van der Waals surface area (Å²) >= 11 is 0. The SMILES string of the molecule is CCOC(CC)(CC)C(NN)C1=CCCCCCC1. The lowest BCUT2D eigenvalue weighted by Crippen LogP contribution is -2.55. The van der Waals surface area contributed by atoms with Crippen molar-refractivity contribution in [3.8, 4) is 0 Å². The molecule has 1 rings (SSSR count). The van der Waals surface area contributed by atoms with Crippen molar-refractivity contribution in [2.75, 3.05) is 6.61 Å². The summed E-state index contributed by atoms with van der Waals surface area (Å²) in [4.78, 5) is 0. The Balaban J connectivity index is 2.93. The van der Waals surface area contributed by atoms with Gasteiger partial charge in [-0.05, 0) is 45.4 Å². The van der Waals surface area contributed by atoms with Crippen LogP contribution in [-0.4, -0.2) is 18.2 Å². The molecule has 0 saturated carbocycles. The first-order valence-corrected chi connectivity index (χ1v) is 8.03. The fourth-order valence-corrected chi connectivity index (χ4v) is 3.31. The Labute approximate surface area is 118 Å². The Kier molecular flexibility index (Phi) is 7.66. The number of allylic oxidation sites excluding steroid dienone is 1. The molecule has 0 amide bonds. The molecule has 0 spiro atoms. The van der Waals surface area contributed by atoms with E-state index in [9.17, 15) is 0 Å². The van der Waals surface area contributed by atoms with Crippen LogP contribution in [0.2, 0.25) is 0 Å². The van der Waals surface area contributed by atoms with Crippen LogP contribution < -0.4 is 11.3 Å². The van der Waals surface area contributed by atoms with Gasteiger partial charge in [0.2, 0.25) is 0 Å². The van der Waals surface area contributed by atoms with E-state index in [1.54, 1.807) is 0 Å². The summed E-state index contributed by atoms with van der Waals surface area (Å²) in [7, 11) is 0. The van der Waals surface area contributed by atoms with Crippen molar-refractivity contribution >= 4 is 0 Å². The topological polar surface area (TPSA) is 47.3 Å². The number of nitrogens with two attached hydrogens (primary N) is 1. The highest BCUT2D eigenvalue weighted by Crippen LogP contribution is 2.32. The molecule has 3 nitrogen and oxygen atoms in total. The number of rotatable bonds is 7. The number of ether oxygens (including phenoxy) is 1. The highest BCUT2D eigenvalue weighted by atomic mass is 16.5. The van der Waals surface area contributed by atoms with Gasteiger partial charge >= 0.3 is 0 Å². The third kappa shape index (κ3) is 4.30. The van der Waals surface area contributed by atoms with Gasteiger partial charge in [0.1, 0.15) is 0 Å². The van der Waals surface area contributed by atoms with Gasteiger partial charge in [0.05, 0.1) is 11.6 Å². The zero-order valence-corrected chi connectivity index (χ0v) is 13.0. The lowest BCUT2D eigenvalue weighted by molar-refractivity contribution is -0.0644. The molecule has 1 aliphatic carbocycles. The second kappa shape index (κ2) is 8.72. The highest BCUT2D eigenvalue weighted by Gasteiger charge is 2.37. The molecule has 3 heteroatoms. The van der Waals surface area contributed by atoms with Crippen LogP contribution in [-0.2, 0) is 4.74 Å². The van der Waals surface area contributed by atoms with Gasteiger partial charge in [-0.25, -0.2) is 0 Å². The molecule has 0 aliphatic heterocycles. The average molecular weight is 268 g/mol. The molecule has 0 bridgehead atoms. The molecule has 0 aromatic carbocycles. The Morgan fingerprint density at radius 3 is 2.47 bits per heavy atom. The van der Waals surface area contributed by atoms with Crippen molar-refractivity contribution in [3.05, 3.63) is 11.6 Å². The van der Waals surface area contributed by atoms with Crippen LogP contribution in [0.25, 0.3) is 0 Å². The van der Waals surface area contributed by atoms with Crippen LogP contribution in [0.1, 0.15) is 72.1 Å². The number of hydrogen-bond donors (Lipinski definition) is 2. The van der Waals surface area contributed by atoms with Gasteiger partial charge in [-0.2, -0.15) is 0 Å². The molecule has 0 aromatic rings. The standard InChI is InChI=1S/C16H32N2O/c1-4-16(5-2,19-6-3)15(18-17)14-12-10-8-7-9-11-13-14/h12,15,18H,4-11,13,17H2,1-3H3. The molecule has 0 saturated heterocycles. The predicted octanol–water partition coefficient (Wildman–Crippen LogP) is 3.69. The minimum absolute atomic E-state index is 0.153. The normalized spacial score (nSPS) is 19.5. The molecule has 0 heterocycles. The summed E-state index contributed by atoms with van der Waals surface area (Å²) in [6, 6.07) is 0.153. The lowest BCUT2D eigenvalue weighted by atomic mass is 9.81. The third-order valence-electron chi connectivity index (χ3n) is 4.52. The zero-order chi connectivity index (χ0) is 14.1. The fraction of sp³-hybridized carbons (Fsp3) is 0.875. The van der Waals surface area contributed by atoms with E-state index in [1.807, 2.05) is 0 Å². The monoisotopic (exact) mass is 268 g/mol. The maximum absolute atomic E-state index is 6.12. The fourth-order valence-electron chi connectivity index (χ4n) is 3.31. The van der Waals surface area contributed by atoms with Gasteiger partial charge in [0.25, 0.3) is 0 Å². The molecule has 19 heavy (non-hydrogen) atoms. The van der Waals surface area contributed by atoms with Gasteiger partial charge in [-0.15, -0.1) is 0 Å². The van der Waals surface area contributed by atoms with Crippen LogP contribution in [0.3, 0.4) is 0 Å². The molecule has 1 unspecified atom stereocenters. The molecular formula is C16H32N2O. The van der Waals surface area contributed by atoms with Crippen LogP contribution in [0.4, 0.5) is 0 Å². The second-order valence-corrected chi connectivity index (χ2v) is 5.54.